The molecule has 158 valence electrons. The zero-order valence-electron chi connectivity index (χ0n) is 17.2. The van der Waals surface area contributed by atoms with Crippen molar-refractivity contribution in [3.05, 3.63) is 42.1 Å². The molecule has 7 heteroatoms. The van der Waals surface area contributed by atoms with Gasteiger partial charge in [0.15, 0.2) is 0 Å². The maximum atomic E-state index is 12.2. The number of carbonyl (C=O) groups excluding carboxylic acids is 2. The lowest BCUT2D eigenvalue weighted by Crippen LogP contribution is -2.42. The van der Waals surface area contributed by atoms with E-state index in [0.29, 0.717) is 19.5 Å². The summed E-state index contributed by atoms with van der Waals surface area (Å²) in [6.07, 6.45) is 8.50. The molecule has 0 spiro atoms. The van der Waals surface area contributed by atoms with Crippen molar-refractivity contribution in [2.75, 3.05) is 26.2 Å². The topological polar surface area (TPSA) is 104 Å². The van der Waals surface area contributed by atoms with Gasteiger partial charge < -0.3 is 20.5 Å². The van der Waals surface area contributed by atoms with Gasteiger partial charge in [0.2, 0.25) is 11.8 Å². The lowest BCUT2D eigenvalue weighted by Gasteiger charge is -2.31. The Labute approximate surface area is 177 Å². The van der Waals surface area contributed by atoms with Crippen LogP contribution in [-0.4, -0.2) is 47.5 Å². The molecular weight excluding hydrogens is 378 g/mol. The molecule has 1 fully saturated rings. The summed E-state index contributed by atoms with van der Waals surface area (Å²) in [5.74, 6) is -0.392. The first-order valence-corrected chi connectivity index (χ1v) is 10.5. The molecule has 0 saturated carbocycles. The summed E-state index contributed by atoms with van der Waals surface area (Å²) in [6, 6.07) is 10.2. The molecule has 1 aliphatic rings. The quantitative estimate of drug-likeness (QED) is 0.491. The van der Waals surface area contributed by atoms with E-state index < -0.39 is 0 Å². The number of fused-ring (bicyclic) bond motifs is 1. The second-order valence-electron chi connectivity index (χ2n) is 7.72. The number of benzene rings is 1. The first-order valence-electron chi connectivity index (χ1n) is 10.5. The summed E-state index contributed by atoms with van der Waals surface area (Å²) in [5.41, 5.74) is 7.44. The van der Waals surface area contributed by atoms with Crippen LogP contribution < -0.4 is 11.1 Å². The first kappa shape index (κ1) is 21.6. The van der Waals surface area contributed by atoms with Crippen LogP contribution in [0.5, 0.6) is 0 Å². The Hall–Kier alpha value is -3.11. The second-order valence-corrected chi connectivity index (χ2v) is 7.72. The van der Waals surface area contributed by atoms with Crippen molar-refractivity contribution < 1.29 is 9.59 Å². The lowest BCUT2D eigenvalue weighted by molar-refractivity contribution is -0.123. The number of nitriles is 1. The predicted molar refractivity (Wildman–Crippen MR) is 117 cm³/mol. The number of rotatable bonds is 9. The van der Waals surface area contributed by atoms with Crippen molar-refractivity contribution >= 4 is 28.8 Å². The van der Waals surface area contributed by atoms with Gasteiger partial charge in [-0.2, -0.15) is 5.26 Å². The molecule has 1 saturated heterocycles. The Morgan fingerprint density at radius 1 is 1.30 bits per heavy atom. The number of likely N-dealkylation sites (tertiary alicyclic amines) is 1. The number of para-hydroxylation sites is 1. The van der Waals surface area contributed by atoms with Crippen LogP contribution in [0.4, 0.5) is 0 Å². The highest BCUT2D eigenvalue weighted by molar-refractivity contribution is 5.96. The van der Waals surface area contributed by atoms with Gasteiger partial charge in [-0.3, -0.25) is 9.59 Å². The van der Waals surface area contributed by atoms with Gasteiger partial charge in [0, 0.05) is 48.4 Å². The fourth-order valence-corrected chi connectivity index (χ4v) is 3.99. The maximum Gasteiger partial charge on any atom is 0.244 e. The molecule has 2 amide bonds. The van der Waals surface area contributed by atoms with E-state index >= 15 is 0 Å². The number of hydrogen-bond donors (Lipinski definition) is 2. The van der Waals surface area contributed by atoms with Gasteiger partial charge in [-0.15, -0.1) is 0 Å². The number of nitrogens with one attached hydrogen (secondary N) is 1. The van der Waals surface area contributed by atoms with E-state index in [0.717, 1.165) is 55.4 Å². The van der Waals surface area contributed by atoms with E-state index in [9.17, 15) is 9.59 Å². The Balaban J connectivity index is 1.48. The third-order valence-electron chi connectivity index (χ3n) is 5.56. The second kappa shape index (κ2) is 10.6. The van der Waals surface area contributed by atoms with Gasteiger partial charge in [-0.05, 0) is 44.5 Å². The predicted octanol–water partition coefficient (Wildman–Crippen LogP) is 2.27. The van der Waals surface area contributed by atoms with Crippen LogP contribution >= 0.6 is 0 Å². The monoisotopic (exact) mass is 407 g/mol. The molecule has 1 aromatic heterocycles. The van der Waals surface area contributed by atoms with Crippen molar-refractivity contribution in [1.82, 2.24) is 14.8 Å². The van der Waals surface area contributed by atoms with Crippen LogP contribution in [-0.2, 0) is 16.1 Å². The number of nitrogens with two attached hydrogens (primary N) is 1. The molecule has 1 aliphatic heterocycles. The first-order chi connectivity index (χ1) is 14.6. The van der Waals surface area contributed by atoms with Gasteiger partial charge in [0.05, 0.1) is 18.4 Å². The summed E-state index contributed by atoms with van der Waals surface area (Å²) in [5, 5.41) is 12.8. The zero-order chi connectivity index (χ0) is 21.3. The van der Waals surface area contributed by atoms with Crippen LogP contribution in [0.1, 0.15) is 31.2 Å². The summed E-state index contributed by atoms with van der Waals surface area (Å²) in [6.45, 7) is 3.77. The zero-order valence-corrected chi connectivity index (χ0v) is 17.2. The van der Waals surface area contributed by atoms with Gasteiger partial charge in [0.1, 0.15) is 0 Å². The summed E-state index contributed by atoms with van der Waals surface area (Å²) < 4.78 is 2.05. The Kier molecular flexibility index (Phi) is 7.63. The van der Waals surface area contributed by atoms with E-state index in [-0.39, 0.29) is 17.7 Å². The van der Waals surface area contributed by atoms with Crippen LogP contribution in [0.15, 0.2) is 36.5 Å². The highest BCUT2D eigenvalue weighted by Gasteiger charge is 2.23. The smallest absolute Gasteiger partial charge is 0.244 e. The molecule has 3 N–H and O–H groups in total. The third kappa shape index (κ3) is 5.71. The Bertz CT molecular complexity index is 956. The summed E-state index contributed by atoms with van der Waals surface area (Å²) >= 11 is 0. The van der Waals surface area contributed by atoms with Crippen LogP contribution in [0, 0.1) is 17.2 Å². The maximum absolute atomic E-state index is 12.2. The average Bonchev–Trinajstić information content (AvgIpc) is 3.12. The minimum absolute atomic E-state index is 0.0495. The summed E-state index contributed by atoms with van der Waals surface area (Å²) in [4.78, 5) is 25.8. The molecule has 3 rings (SSSR count). The van der Waals surface area contributed by atoms with Crippen molar-refractivity contribution in [3.8, 4) is 6.07 Å². The van der Waals surface area contributed by atoms with Crippen molar-refractivity contribution in [2.45, 2.75) is 32.2 Å². The van der Waals surface area contributed by atoms with Crippen LogP contribution in [0.2, 0.25) is 0 Å². The molecule has 1 unspecified atom stereocenters. The number of amides is 2. The van der Waals surface area contributed by atoms with E-state index in [1.165, 1.54) is 0 Å². The normalized spacial score (nSPS) is 17.2. The van der Waals surface area contributed by atoms with Crippen LogP contribution in [0.25, 0.3) is 17.0 Å². The standard InChI is InChI=1S/C23H29N5O2/c24-11-4-15-28-17-18(20-7-1-2-8-21(20)28)9-10-22(29)26-12-5-14-27-13-3-6-19(16-27)23(25)30/h1-2,7-10,17,19H,3-6,12-16H2,(H2,25,30)(H,26,29)/b10-9+. The molecule has 2 aromatic rings. The Morgan fingerprint density at radius 3 is 2.93 bits per heavy atom. The van der Waals surface area contributed by atoms with Crippen molar-refractivity contribution in [1.29, 1.82) is 5.26 Å². The third-order valence-corrected chi connectivity index (χ3v) is 5.56. The largest absolute Gasteiger partial charge is 0.369 e. The number of nitrogens with zero attached hydrogens (tertiary/aromatic N) is 3. The lowest BCUT2D eigenvalue weighted by atomic mass is 9.97. The number of carbonyl (C=O) groups is 2. The fraction of sp³-hybridized carbons (Fsp3) is 0.435. The molecule has 1 aromatic carbocycles. The van der Waals surface area contributed by atoms with Crippen LogP contribution in [0.3, 0.4) is 0 Å². The molecule has 1 atom stereocenters. The van der Waals surface area contributed by atoms with Gasteiger partial charge in [-0.25, -0.2) is 0 Å². The molecular formula is C23H29N5O2. The number of aryl methyl sites for hydroxylation is 1. The molecule has 7 nitrogen and oxygen atoms in total. The number of hydrogen-bond acceptors (Lipinski definition) is 4. The number of primary amides is 1. The molecule has 0 radical (unpaired) electrons. The van der Waals surface area contributed by atoms with Gasteiger partial charge >= 0.3 is 0 Å². The van der Waals surface area contributed by atoms with Crippen molar-refractivity contribution in [3.63, 3.8) is 0 Å². The highest BCUT2D eigenvalue weighted by atomic mass is 16.1. The molecule has 0 bridgehead atoms. The minimum Gasteiger partial charge on any atom is -0.369 e. The van der Waals surface area contributed by atoms with E-state index in [2.05, 4.69) is 16.3 Å². The summed E-state index contributed by atoms with van der Waals surface area (Å²) in [7, 11) is 0. The molecule has 0 aliphatic carbocycles. The SMILES string of the molecule is N#CCCn1cc(/C=C/C(=O)NCCCN2CCCC(C(N)=O)C2)c2ccccc21. The minimum atomic E-state index is -0.216. The number of aromatic nitrogens is 1. The van der Waals surface area contributed by atoms with Gasteiger partial charge in [0.25, 0.3) is 0 Å². The van der Waals surface area contributed by atoms with E-state index in [1.54, 1.807) is 6.08 Å². The molecule has 30 heavy (non-hydrogen) atoms. The van der Waals surface area contributed by atoms with E-state index in [4.69, 9.17) is 11.0 Å². The van der Waals surface area contributed by atoms with Crippen molar-refractivity contribution in [2.24, 2.45) is 11.7 Å². The average molecular weight is 408 g/mol. The molecule has 2 heterocycles. The fourth-order valence-electron chi connectivity index (χ4n) is 3.99. The Morgan fingerprint density at radius 2 is 2.13 bits per heavy atom. The van der Waals surface area contributed by atoms with Gasteiger partial charge in [-0.1, -0.05) is 18.2 Å². The van der Waals surface area contributed by atoms with E-state index in [1.807, 2.05) is 41.1 Å². The number of piperidine rings is 1. The highest BCUT2D eigenvalue weighted by Crippen LogP contribution is 2.22.